The third kappa shape index (κ3) is 3.12. The lowest BCUT2D eigenvalue weighted by molar-refractivity contribution is 0.394. The number of hydrazine groups is 1. The van der Waals surface area contributed by atoms with Crippen molar-refractivity contribution < 1.29 is 4.74 Å². The molecule has 0 amide bonds. The molecule has 1 aromatic carbocycles. The van der Waals surface area contributed by atoms with Crippen molar-refractivity contribution in [3.63, 3.8) is 0 Å². The zero-order chi connectivity index (χ0) is 15.6. The van der Waals surface area contributed by atoms with Crippen LogP contribution in [0.1, 0.15) is 42.8 Å². The van der Waals surface area contributed by atoms with Gasteiger partial charge in [-0.05, 0) is 38.0 Å². The quantitative estimate of drug-likeness (QED) is 0.640. The lowest BCUT2D eigenvalue weighted by atomic mass is 10.0. The molecule has 0 bridgehead atoms. The van der Waals surface area contributed by atoms with E-state index < -0.39 is 0 Å². The van der Waals surface area contributed by atoms with E-state index in [1.54, 1.807) is 13.3 Å². The predicted octanol–water partition coefficient (Wildman–Crippen LogP) is 3.10. The molecule has 114 valence electrons. The van der Waals surface area contributed by atoms with Crippen LogP contribution >= 0.6 is 15.9 Å². The van der Waals surface area contributed by atoms with Gasteiger partial charge in [0, 0.05) is 10.5 Å². The Morgan fingerprint density at radius 2 is 2.10 bits per heavy atom. The van der Waals surface area contributed by atoms with Crippen molar-refractivity contribution in [2.24, 2.45) is 5.84 Å². The molecular formula is C15H21BrN4O. The van der Waals surface area contributed by atoms with E-state index in [-0.39, 0.29) is 12.1 Å². The van der Waals surface area contributed by atoms with Crippen molar-refractivity contribution in [3.8, 4) is 5.75 Å². The number of hydrogen-bond donors (Lipinski definition) is 2. The van der Waals surface area contributed by atoms with E-state index in [2.05, 4.69) is 65.4 Å². The fourth-order valence-corrected chi connectivity index (χ4v) is 2.72. The summed E-state index contributed by atoms with van der Waals surface area (Å²) in [6.45, 7) is 6.21. The van der Waals surface area contributed by atoms with Crippen LogP contribution in [0.3, 0.4) is 0 Å². The number of ether oxygens (including phenoxy) is 1. The number of rotatable bonds is 5. The summed E-state index contributed by atoms with van der Waals surface area (Å²) in [5.41, 5.74) is 6.03. The van der Waals surface area contributed by atoms with Crippen molar-refractivity contribution in [1.29, 1.82) is 0 Å². The van der Waals surface area contributed by atoms with E-state index in [1.165, 1.54) is 5.56 Å². The summed E-state index contributed by atoms with van der Waals surface area (Å²) >= 11 is 3.57. The average Bonchev–Trinajstić information content (AvgIpc) is 2.87. The van der Waals surface area contributed by atoms with Gasteiger partial charge in [-0.2, -0.15) is 5.10 Å². The minimum Gasteiger partial charge on any atom is -0.493 e. The number of nitrogens with one attached hydrogen (secondary N) is 1. The first-order valence-corrected chi connectivity index (χ1v) is 7.62. The van der Waals surface area contributed by atoms with E-state index in [1.807, 2.05) is 4.68 Å². The third-order valence-corrected chi connectivity index (χ3v) is 4.33. The molecule has 1 unspecified atom stereocenters. The smallest absolute Gasteiger partial charge is 0.161 e. The Hall–Kier alpha value is -1.37. The molecule has 0 aliphatic rings. The largest absolute Gasteiger partial charge is 0.493 e. The molecule has 1 heterocycles. The van der Waals surface area contributed by atoms with E-state index in [0.29, 0.717) is 0 Å². The minimum atomic E-state index is -0.193. The molecule has 1 atom stereocenters. The van der Waals surface area contributed by atoms with Gasteiger partial charge in [0.05, 0.1) is 19.3 Å². The topological polar surface area (TPSA) is 65.1 Å². The normalized spacial score (nSPS) is 12.7. The van der Waals surface area contributed by atoms with Gasteiger partial charge < -0.3 is 4.74 Å². The van der Waals surface area contributed by atoms with Crippen molar-refractivity contribution in [3.05, 3.63) is 45.7 Å². The second-order valence-corrected chi connectivity index (χ2v) is 6.10. The summed E-state index contributed by atoms with van der Waals surface area (Å²) in [7, 11) is 1.64. The number of methoxy groups -OCH3 is 1. The zero-order valence-electron chi connectivity index (χ0n) is 12.7. The molecule has 0 saturated heterocycles. The molecular weight excluding hydrogens is 332 g/mol. The summed E-state index contributed by atoms with van der Waals surface area (Å²) < 4.78 is 8.42. The Bertz CT molecular complexity index is 624. The molecule has 3 N–H and O–H groups in total. The first-order chi connectivity index (χ1) is 9.99. The summed E-state index contributed by atoms with van der Waals surface area (Å²) in [6, 6.07) is 6.21. The van der Waals surface area contributed by atoms with E-state index >= 15 is 0 Å². The summed E-state index contributed by atoms with van der Waals surface area (Å²) in [5.74, 6) is 6.54. The number of aryl methyl sites for hydroxylation is 1. The maximum atomic E-state index is 5.81. The second kappa shape index (κ2) is 6.60. The van der Waals surface area contributed by atoms with Gasteiger partial charge in [0.15, 0.2) is 5.75 Å². The van der Waals surface area contributed by atoms with Crippen molar-refractivity contribution >= 4 is 15.9 Å². The average molecular weight is 353 g/mol. The SMILES string of the molecule is COc1cnn(C(C)C)c1C(NN)c1ccc(C)c(Br)c1. The standard InChI is InChI=1S/C15H21BrN4O/c1-9(2)20-15(13(21-4)8-18-20)14(19-17)11-6-5-10(3)12(16)7-11/h5-9,14,19H,17H2,1-4H3. The van der Waals surface area contributed by atoms with Gasteiger partial charge in [-0.25, -0.2) is 5.43 Å². The maximum Gasteiger partial charge on any atom is 0.161 e. The number of aromatic nitrogens is 2. The van der Waals surface area contributed by atoms with Crippen LogP contribution < -0.4 is 16.0 Å². The summed E-state index contributed by atoms with van der Waals surface area (Å²) in [4.78, 5) is 0. The second-order valence-electron chi connectivity index (χ2n) is 5.24. The molecule has 0 aliphatic heterocycles. The summed E-state index contributed by atoms with van der Waals surface area (Å²) in [5, 5.41) is 4.41. The van der Waals surface area contributed by atoms with Crippen LogP contribution in [0, 0.1) is 6.92 Å². The van der Waals surface area contributed by atoms with E-state index in [0.717, 1.165) is 21.5 Å². The highest BCUT2D eigenvalue weighted by atomic mass is 79.9. The van der Waals surface area contributed by atoms with Crippen LogP contribution in [0.5, 0.6) is 5.75 Å². The number of halogens is 1. The van der Waals surface area contributed by atoms with Crippen molar-refractivity contribution in [2.45, 2.75) is 32.9 Å². The molecule has 2 aromatic rings. The van der Waals surface area contributed by atoms with Crippen LogP contribution in [0.25, 0.3) is 0 Å². The third-order valence-electron chi connectivity index (χ3n) is 3.48. The number of nitrogens with two attached hydrogens (primary N) is 1. The van der Waals surface area contributed by atoms with Gasteiger partial charge in [0.2, 0.25) is 0 Å². The van der Waals surface area contributed by atoms with Gasteiger partial charge in [0.1, 0.15) is 5.69 Å². The number of hydrogen-bond acceptors (Lipinski definition) is 4. The first-order valence-electron chi connectivity index (χ1n) is 6.83. The Balaban J connectivity index is 2.55. The fraction of sp³-hybridized carbons (Fsp3) is 0.400. The van der Waals surface area contributed by atoms with E-state index in [4.69, 9.17) is 10.6 Å². The highest BCUT2D eigenvalue weighted by molar-refractivity contribution is 9.10. The molecule has 0 spiro atoms. The fourth-order valence-electron chi connectivity index (χ4n) is 2.32. The molecule has 1 aromatic heterocycles. The van der Waals surface area contributed by atoms with E-state index in [9.17, 15) is 0 Å². The maximum absolute atomic E-state index is 5.81. The van der Waals surface area contributed by atoms with Gasteiger partial charge in [-0.3, -0.25) is 10.5 Å². The Morgan fingerprint density at radius 1 is 1.38 bits per heavy atom. The molecule has 0 aliphatic carbocycles. The molecule has 5 nitrogen and oxygen atoms in total. The van der Waals surface area contributed by atoms with Crippen LogP contribution in [0.2, 0.25) is 0 Å². The first kappa shape index (κ1) is 16.0. The van der Waals surface area contributed by atoms with Gasteiger partial charge in [0.25, 0.3) is 0 Å². The van der Waals surface area contributed by atoms with Crippen molar-refractivity contribution in [1.82, 2.24) is 15.2 Å². The van der Waals surface area contributed by atoms with Crippen LogP contribution in [0.15, 0.2) is 28.9 Å². The van der Waals surface area contributed by atoms with Crippen LogP contribution in [-0.2, 0) is 0 Å². The van der Waals surface area contributed by atoms with Gasteiger partial charge >= 0.3 is 0 Å². The monoisotopic (exact) mass is 352 g/mol. The molecule has 0 saturated carbocycles. The Morgan fingerprint density at radius 3 is 2.62 bits per heavy atom. The Labute approximate surface area is 133 Å². The molecule has 21 heavy (non-hydrogen) atoms. The van der Waals surface area contributed by atoms with Crippen LogP contribution in [0.4, 0.5) is 0 Å². The van der Waals surface area contributed by atoms with Crippen LogP contribution in [-0.4, -0.2) is 16.9 Å². The number of benzene rings is 1. The number of nitrogens with zero attached hydrogens (tertiary/aromatic N) is 2. The summed E-state index contributed by atoms with van der Waals surface area (Å²) in [6.07, 6.45) is 1.73. The molecule has 2 rings (SSSR count). The minimum absolute atomic E-state index is 0.193. The van der Waals surface area contributed by atoms with Crippen molar-refractivity contribution in [2.75, 3.05) is 7.11 Å². The van der Waals surface area contributed by atoms with Gasteiger partial charge in [-0.1, -0.05) is 28.1 Å². The predicted molar refractivity (Wildman–Crippen MR) is 87.2 cm³/mol. The highest BCUT2D eigenvalue weighted by Crippen LogP contribution is 2.33. The highest BCUT2D eigenvalue weighted by Gasteiger charge is 2.24. The molecule has 6 heteroatoms. The Kier molecular flexibility index (Phi) is 5.03. The van der Waals surface area contributed by atoms with Gasteiger partial charge in [-0.15, -0.1) is 0 Å². The molecule has 0 radical (unpaired) electrons. The lowest BCUT2D eigenvalue weighted by Crippen LogP contribution is -2.31. The lowest BCUT2D eigenvalue weighted by Gasteiger charge is -2.21. The molecule has 0 fully saturated rings. The zero-order valence-corrected chi connectivity index (χ0v) is 14.3.